The Labute approximate surface area is 169 Å². The number of rotatable bonds is 5. The first-order chi connectivity index (χ1) is 13.4. The molecule has 1 saturated heterocycles. The quantitative estimate of drug-likeness (QED) is 0.814. The SMILES string of the molecule is CC[C@H](C)NC(=O)[C@@H]1CS[C@H](c2cccc(F)c2)N1C(=O)c1cccc(C)c1. The maximum absolute atomic E-state index is 13.8. The highest BCUT2D eigenvalue weighted by Crippen LogP contribution is 2.42. The van der Waals surface area contributed by atoms with Crippen LogP contribution in [0.1, 0.15) is 47.1 Å². The molecule has 148 valence electrons. The lowest BCUT2D eigenvalue weighted by Crippen LogP contribution is -2.49. The monoisotopic (exact) mass is 400 g/mol. The van der Waals surface area contributed by atoms with Crippen LogP contribution in [0, 0.1) is 12.7 Å². The van der Waals surface area contributed by atoms with E-state index < -0.39 is 11.4 Å². The average Bonchev–Trinajstić information content (AvgIpc) is 3.12. The fraction of sp³-hybridized carbons (Fsp3) is 0.364. The number of amides is 2. The fourth-order valence-corrected chi connectivity index (χ4v) is 4.66. The summed E-state index contributed by atoms with van der Waals surface area (Å²) in [4.78, 5) is 27.9. The first kappa shape index (κ1) is 20.4. The molecular weight excluding hydrogens is 375 g/mol. The highest BCUT2D eigenvalue weighted by atomic mass is 32.2. The van der Waals surface area contributed by atoms with Gasteiger partial charge in [-0.05, 0) is 50.1 Å². The Bertz CT molecular complexity index is 873. The predicted octanol–water partition coefficient (Wildman–Crippen LogP) is 4.31. The van der Waals surface area contributed by atoms with Gasteiger partial charge < -0.3 is 10.2 Å². The zero-order valence-electron chi connectivity index (χ0n) is 16.3. The molecule has 0 unspecified atom stereocenters. The molecule has 0 spiro atoms. The largest absolute Gasteiger partial charge is 0.352 e. The van der Waals surface area contributed by atoms with E-state index in [2.05, 4.69) is 5.32 Å². The summed E-state index contributed by atoms with van der Waals surface area (Å²) in [6, 6.07) is 13.0. The van der Waals surface area contributed by atoms with Gasteiger partial charge in [0.1, 0.15) is 17.2 Å². The van der Waals surface area contributed by atoms with Gasteiger partial charge >= 0.3 is 0 Å². The number of carbonyl (C=O) groups excluding carboxylic acids is 2. The Kier molecular flexibility index (Phi) is 6.39. The number of aryl methyl sites for hydroxylation is 1. The Morgan fingerprint density at radius 2 is 2.00 bits per heavy atom. The number of nitrogens with one attached hydrogen (secondary N) is 1. The second kappa shape index (κ2) is 8.78. The van der Waals surface area contributed by atoms with E-state index in [4.69, 9.17) is 0 Å². The van der Waals surface area contributed by atoms with E-state index in [0.29, 0.717) is 16.9 Å². The van der Waals surface area contributed by atoms with Crippen molar-refractivity contribution in [2.24, 2.45) is 0 Å². The second-order valence-corrected chi connectivity index (χ2v) is 8.27. The van der Waals surface area contributed by atoms with Gasteiger partial charge in [-0.1, -0.05) is 36.8 Å². The van der Waals surface area contributed by atoms with Crippen molar-refractivity contribution in [3.05, 3.63) is 71.0 Å². The number of benzene rings is 2. The van der Waals surface area contributed by atoms with Crippen LogP contribution in [-0.4, -0.2) is 34.6 Å². The molecule has 2 aromatic rings. The first-order valence-electron chi connectivity index (χ1n) is 9.47. The molecule has 1 heterocycles. The lowest BCUT2D eigenvalue weighted by atomic mass is 10.1. The molecule has 4 nitrogen and oxygen atoms in total. The van der Waals surface area contributed by atoms with Gasteiger partial charge in [0, 0.05) is 17.4 Å². The van der Waals surface area contributed by atoms with Crippen LogP contribution in [0.25, 0.3) is 0 Å². The third-order valence-corrected chi connectivity index (χ3v) is 6.26. The highest BCUT2D eigenvalue weighted by Gasteiger charge is 2.42. The van der Waals surface area contributed by atoms with Gasteiger partial charge in [0.2, 0.25) is 5.91 Å². The van der Waals surface area contributed by atoms with Crippen molar-refractivity contribution in [2.75, 3.05) is 5.75 Å². The standard InChI is InChI=1S/C22H25FN2O2S/c1-4-15(3)24-20(26)19-13-28-22(17-9-6-10-18(23)12-17)25(19)21(27)16-8-5-7-14(2)11-16/h5-12,15,19,22H,4,13H2,1-3H3,(H,24,26)/t15-,19-,22+/m0/s1. The minimum atomic E-state index is -0.597. The molecule has 2 amide bonds. The summed E-state index contributed by atoms with van der Waals surface area (Å²) in [5.74, 6) is -0.261. The molecule has 0 aliphatic carbocycles. The number of hydrogen-bond donors (Lipinski definition) is 1. The second-order valence-electron chi connectivity index (χ2n) is 7.16. The number of hydrogen-bond acceptors (Lipinski definition) is 3. The first-order valence-corrected chi connectivity index (χ1v) is 10.5. The van der Waals surface area contributed by atoms with Gasteiger partial charge in [-0.2, -0.15) is 0 Å². The molecule has 0 aromatic heterocycles. The molecule has 1 aliphatic heterocycles. The zero-order chi connectivity index (χ0) is 20.3. The Morgan fingerprint density at radius 1 is 1.25 bits per heavy atom. The van der Waals surface area contributed by atoms with Gasteiger partial charge in [-0.3, -0.25) is 9.59 Å². The van der Waals surface area contributed by atoms with E-state index in [9.17, 15) is 14.0 Å². The van der Waals surface area contributed by atoms with Gasteiger partial charge in [0.25, 0.3) is 5.91 Å². The molecule has 1 N–H and O–H groups in total. The Hall–Kier alpha value is -2.34. The summed E-state index contributed by atoms with van der Waals surface area (Å²) in [7, 11) is 0. The van der Waals surface area contributed by atoms with Crippen LogP contribution in [0.4, 0.5) is 4.39 Å². The summed E-state index contributed by atoms with van der Waals surface area (Å²) in [5, 5.41) is 2.58. The molecular formula is C22H25FN2O2S. The Balaban J connectivity index is 1.96. The smallest absolute Gasteiger partial charge is 0.255 e. The normalized spacial score (nSPS) is 20.1. The lowest BCUT2D eigenvalue weighted by Gasteiger charge is -2.30. The van der Waals surface area contributed by atoms with Crippen molar-refractivity contribution in [3.8, 4) is 0 Å². The van der Waals surface area contributed by atoms with E-state index in [-0.39, 0.29) is 23.7 Å². The van der Waals surface area contributed by atoms with Crippen LogP contribution in [0.15, 0.2) is 48.5 Å². The molecule has 0 saturated carbocycles. The molecule has 0 radical (unpaired) electrons. The van der Waals surface area contributed by atoms with Crippen LogP contribution in [0.2, 0.25) is 0 Å². The van der Waals surface area contributed by atoms with Crippen molar-refractivity contribution >= 4 is 23.6 Å². The minimum Gasteiger partial charge on any atom is -0.352 e. The Morgan fingerprint density at radius 3 is 2.68 bits per heavy atom. The van der Waals surface area contributed by atoms with Crippen molar-refractivity contribution in [1.82, 2.24) is 10.2 Å². The van der Waals surface area contributed by atoms with Crippen LogP contribution >= 0.6 is 11.8 Å². The van der Waals surface area contributed by atoms with Gasteiger partial charge in [0.05, 0.1) is 0 Å². The number of carbonyl (C=O) groups is 2. The van der Waals surface area contributed by atoms with Crippen molar-refractivity contribution in [1.29, 1.82) is 0 Å². The lowest BCUT2D eigenvalue weighted by molar-refractivity contribution is -0.125. The molecule has 0 bridgehead atoms. The van der Waals surface area contributed by atoms with Crippen LogP contribution in [0.5, 0.6) is 0 Å². The zero-order valence-corrected chi connectivity index (χ0v) is 17.1. The highest BCUT2D eigenvalue weighted by molar-refractivity contribution is 7.99. The summed E-state index contributed by atoms with van der Waals surface area (Å²) in [6.07, 6.45) is 0.810. The van der Waals surface area contributed by atoms with E-state index >= 15 is 0 Å². The summed E-state index contributed by atoms with van der Waals surface area (Å²) in [6.45, 7) is 5.86. The van der Waals surface area contributed by atoms with E-state index in [1.807, 2.05) is 39.0 Å². The summed E-state index contributed by atoms with van der Waals surface area (Å²) < 4.78 is 13.8. The number of thioether (sulfide) groups is 1. The maximum atomic E-state index is 13.8. The van der Waals surface area contributed by atoms with Gasteiger partial charge in [0.15, 0.2) is 0 Å². The van der Waals surface area contributed by atoms with Gasteiger partial charge in [-0.15, -0.1) is 11.8 Å². The number of halogens is 1. The molecule has 3 atom stereocenters. The van der Waals surface area contributed by atoms with Crippen molar-refractivity contribution in [3.63, 3.8) is 0 Å². The predicted molar refractivity (Wildman–Crippen MR) is 111 cm³/mol. The average molecular weight is 401 g/mol. The van der Waals surface area contributed by atoms with Crippen LogP contribution in [-0.2, 0) is 4.79 Å². The maximum Gasteiger partial charge on any atom is 0.255 e. The van der Waals surface area contributed by atoms with Crippen molar-refractivity contribution in [2.45, 2.75) is 44.6 Å². The van der Waals surface area contributed by atoms with Gasteiger partial charge in [-0.25, -0.2) is 4.39 Å². The number of nitrogens with zero attached hydrogens (tertiary/aromatic N) is 1. The van der Waals surface area contributed by atoms with Crippen LogP contribution < -0.4 is 5.32 Å². The van der Waals surface area contributed by atoms with E-state index in [1.165, 1.54) is 23.9 Å². The molecule has 6 heteroatoms. The summed E-state index contributed by atoms with van der Waals surface area (Å²) >= 11 is 1.49. The van der Waals surface area contributed by atoms with Crippen molar-refractivity contribution < 1.29 is 14.0 Å². The summed E-state index contributed by atoms with van der Waals surface area (Å²) in [5.41, 5.74) is 2.19. The van der Waals surface area contributed by atoms with E-state index in [0.717, 1.165) is 12.0 Å². The molecule has 28 heavy (non-hydrogen) atoms. The molecule has 1 aliphatic rings. The fourth-order valence-electron chi connectivity index (χ4n) is 3.24. The molecule has 2 aromatic carbocycles. The van der Waals surface area contributed by atoms with Crippen LogP contribution in [0.3, 0.4) is 0 Å². The third-order valence-electron chi connectivity index (χ3n) is 4.94. The molecule has 3 rings (SSSR count). The van der Waals surface area contributed by atoms with E-state index in [1.54, 1.807) is 23.1 Å². The minimum absolute atomic E-state index is 0.0293. The third kappa shape index (κ3) is 4.38. The topological polar surface area (TPSA) is 49.4 Å². The molecule has 1 fully saturated rings.